The summed E-state index contributed by atoms with van der Waals surface area (Å²) >= 11 is 7.32. The van der Waals surface area contributed by atoms with E-state index in [9.17, 15) is 0 Å². The average Bonchev–Trinajstić information content (AvgIpc) is 2.53. The van der Waals surface area contributed by atoms with E-state index in [1.807, 2.05) is 5.38 Å². The zero-order valence-corrected chi connectivity index (χ0v) is 9.24. The molecule has 1 aliphatic heterocycles. The Hall–Kier alpha value is -0.280. The molecular weight excluding hydrogens is 204 g/mol. The predicted molar refractivity (Wildman–Crippen MR) is 57.8 cm³/mol. The second-order valence-electron chi connectivity index (χ2n) is 3.50. The minimum Gasteiger partial charge on any atom is -0.353 e. The van der Waals surface area contributed by atoms with Gasteiger partial charge in [-0.3, -0.25) is 0 Å². The molecule has 1 saturated heterocycles. The first kappa shape index (κ1) is 9.28. The first-order chi connectivity index (χ1) is 6.27. The van der Waals surface area contributed by atoms with Gasteiger partial charge in [0.2, 0.25) is 0 Å². The van der Waals surface area contributed by atoms with E-state index in [0.717, 1.165) is 12.4 Å². The third kappa shape index (κ3) is 1.97. The van der Waals surface area contributed by atoms with Crippen molar-refractivity contribution < 1.29 is 0 Å². The van der Waals surface area contributed by atoms with Crippen LogP contribution in [0.3, 0.4) is 0 Å². The van der Waals surface area contributed by atoms with Crippen LogP contribution in [0.25, 0.3) is 0 Å². The van der Waals surface area contributed by atoms with Gasteiger partial charge in [0.05, 0.1) is 0 Å². The Bertz CT molecular complexity index is 287. The monoisotopic (exact) mass is 216 g/mol. The van der Waals surface area contributed by atoms with Crippen LogP contribution < -0.4 is 4.90 Å². The molecule has 1 aromatic heterocycles. The van der Waals surface area contributed by atoms with Crippen LogP contribution in [-0.2, 0) is 0 Å². The topological polar surface area (TPSA) is 16.1 Å². The highest BCUT2D eigenvalue weighted by molar-refractivity contribution is 7.14. The van der Waals surface area contributed by atoms with Gasteiger partial charge in [-0.1, -0.05) is 11.6 Å². The zero-order valence-electron chi connectivity index (χ0n) is 7.66. The summed E-state index contributed by atoms with van der Waals surface area (Å²) in [6.45, 7) is 3.38. The van der Waals surface area contributed by atoms with Gasteiger partial charge in [-0.2, -0.15) is 0 Å². The van der Waals surface area contributed by atoms with Crippen LogP contribution in [0.4, 0.5) is 5.82 Å². The maximum Gasteiger partial charge on any atom is 0.185 e. The van der Waals surface area contributed by atoms with Crippen LogP contribution in [0.1, 0.15) is 26.2 Å². The second-order valence-corrected chi connectivity index (χ2v) is 4.94. The predicted octanol–water partition coefficient (Wildman–Crippen LogP) is 3.18. The molecule has 0 aliphatic carbocycles. The van der Waals surface area contributed by atoms with Gasteiger partial charge in [-0.15, -0.1) is 11.3 Å². The van der Waals surface area contributed by atoms with Crippen LogP contribution >= 0.6 is 22.9 Å². The van der Waals surface area contributed by atoms with Gasteiger partial charge in [-0.25, -0.2) is 4.98 Å². The van der Waals surface area contributed by atoms with Gasteiger partial charge in [0.25, 0.3) is 0 Å². The first-order valence-corrected chi connectivity index (χ1v) is 5.91. The number of aromatic nitrogens is 1. The molecule has 1 unspecified atom stereocenters. The summed E-state index contributed by atoms with van der Waals surface area (Å²) in [4.78, 5) is 6.65. The van der Waals surface area contributed by atoms with Crippen molar-refractivity contribution in [1.29, 1.82) is 0 Å². The fraction of sp³-hybridized carbons (Fsp3) is 0.667. The van der Waals surface area contributed by atoms with Gasteiger partial charge >= 0.3 is 0 Å². The molecule has 2 nitrogen and oxygen atoms in total. The summed E-state index contributed by atoms with van der Waals surface area (Å²) < 4.78 is 0.646. The lowest BCUT2D eigenvalue weighted by molar-refractivity contribution is 0.482. The number of rotatable bonds is 1. The second kappa shape index (κ2) is 3.84. The molecule has 0 saturated carbocycles. The molecule has 0 spiro atoms. The Morgan fingerprint density at radius 3 is 3.08 bits per heavy atom. The molecule has 1 aliphatic rings. The number of anilines is 1. The van der Waals surface area contributed by atoms with Crippen molar-refractivity contribution in [3.05, 3.63) is 9.85 Å². The van der Waals surface area contributed by atoms with Gasteiger partial charge in [0.15, 0.2) is 4.47 Å². The van der Waals surface area contributed by atoms with E-state index in [1.165, 1.54) is 30.6 Å². The largest absolute Gasteiger partial charge is 0.353 e. The molecule has 13 heavy (non-hydrogen) atoms. The van der Waals surface area contributed by atoms with Crippen molar-refractivity contribution in [2.75, 3.05) is 11.4 Å². The van der Waals surface area contributed by atoms with E-state index in [1.54, 1.807) is 0 Å². The Kier molecular flexibility index (Phi) is 2.74. The van der Waals surface area contributed by atoms with Crippen molar-refractivity contribution in [1.82, 2.24) is 4.98 Å². The van der Waals surface area contributed by atoms with Gasteiger partial charge in [-0.05, 0) is 26.2 Å². The SMILES string of the molecule is CC1CCCCN1c1csc(Cl)n1. The summed E-state index contributed by atoms with van der Waals surface area (Å²) in [7, 11) is 0. The lowest BCUT2D eigenvalue weighted by Gasteiger charge is -2.33. The third-order valence-corrected chi connectivity index (χ3v) is 3.53. The number of thiazole rings is 1. The summed E-state index contributed by atoms with van der Waals surface area (Å²) in [5.74, 6) is 1.06. The standard InChI is InChI=1S/C9H13ClN2S/c1-7-4-2-3-5-12(7)8-6-13-9(10)11-8/h6-7H,2-5H2,1H3. The van der Waals surface area contributed by atoms with Gasteiger partial charge in [0.1, 0.15) is 5.82 Å². The number of piperidine rings is 1. The number of hydrogen-bond donors (Lipinski definition) is 0. The highest BCUT2D eigenvalue weighted by Crippen LogP contribution is 2.27. The van der Waals surface area contributed by atoms with E-state index in [-0.39, 0.29) is 0 Å². The Morgan fingerprint density at radius 2 is 2.46 bits per heavy atom. The third-order valence-electron chi connectivity index (χ3n) is 2.56. The van der Waals surface area contributed by atoms with E-state index in [2.05, 4.69) is 16.8 Å². The maximum atomic E-state index is 5.81. The maximum absolute atomic E-state index is 5.81. The van der Waals surface area contributed by atoms with Crippen LogP contribution in [-0.4, -0.2) is 17.6 Å². The molecule has 4 heteroatoms. The quantitative estimate of drug-likeness (QED) is 0.717. The summed E-state index contributed by atoms with van der Waals surface area (Å²) in [5, 5.41) is 2.05. The van der Waals surface area contributed by atoms with Crippen molar-refractivity contribution in [3.63, 3.8) is 0 Å². The molecule has 0 amide bonds. The first-order valence-electron chi connectivity index (χ1n) is 4.65. The van der Waals surface area contributed by atoms with E-state index in [4.69, 9.17) is 11.6 Å². The summed E-state index contributed by atoms with van der Waals surface area (Å²) in [6, 6.07) is 0.618. The highest BCUT2D eigenvalue weighted by Gasteiger charge is 2.20. The highest BCUT2D eigenvalue weighted by atomic mass is 35.5. The minimum atomic E-state index is 0.618. The van der Waals surface area contributed by atoms with E-state index in [0.29, 0.717) is 10.5 Å². The number of nitrogens with zero attached hydrogens (tertiary/aromatic N) is 2. The Morgan fingerprint density at radius 1 is 1.62 bits per heavy atom. The van der Waals surface area contributed by atoms with Crippen LogP contribution in [0.2, 0.25) is 4.47 Å². The molecule has 2 heterocycles. The molecular formula is C9H13ClN2S. The van der Waals surface area contributed by atoms with Crippen molar-refractivity contribution in [2.24, 2.45) is 0 Å². The molecule has 1 aromatic rings. The van der Waals surface area contributed by atoms with E-state index >= 15 is 0 Å². The summed E-state index contributed by atoms with van der Waals surface area (Å²) in [6.07, 6.45) is 3.89. The number of halogens is 1. The molecule has 0 N–H and O–H groups in total. The minimum absolute atomic E-state index is 0.618. The normalized spacial score (nSPS) is 23.5. The molecule has 1 fully saturated rings. The van der Waals surface area contributed by atoms with Crippen LogP contribution in [0.5, 0.6) is 0 Å². The van der Waals surface area contributed by atoms with Crippen molar-refractivity contribution >= 4 is 28.8 Å². The molecule has 72 valence electrons. The Balaban J connectivity index is 2.14. The van der Waals surface area contributed by atoms with Crippen molar-refractivity contribution in [2.45, 2.75) is 32.2 Å². The average molecular weight is 217 g/mol. The fourth-order valence-electron chi connectivity index (χ4n) is 1.81. The van der Waals surface area contributed by atoms with Gasteiger partial charge < -0.3 is 4.90 Å². The lowest BCUT2D eigenvalue weighted by atomic mass is 10.0. The molecule has 0 aromatic carbocycles. The zero-order chi connectivity index (χ0) is 9.26. The van der Waals surface area contributed by atoms with Crippen molar-refractivity contribution in [3.8, 4) is 0 Å². The van der Waals surface area contributed by atoms with E-state index < -0.39 is 0 Å². The van der Waals surface area contributed by atoms with Gasteiger partial charge in [0, 0.05) is 18.0 Å². The lowest BCUT2D eigenvalue weighted by Crippen LogP contribution is -2.37. The van der Waals surface area contributed by atoms with Crippen LogP contribution in [0, 0.1) is 0 Å². The summed E-state index contributed by atoms with van der Waals surface area (Å²) in [5.41, 5.74) is 0. The molecule has 2 rings (SSSR count). The molecule has 0 bridgehead atoms. The Labute approximate surface area is 87.5 Å². The fourth-order valence-corrected chi connectivity index (χ4v) is 2.57. The smallest absolute Gasteiger partial charge is 0.185 e. The molecule has 1 atom stereocenters. The number of hydrogen-bond acceptors (Lipinski definition) is 3. The van der Waals surface area contributed by atoms with Crippen LogP contribution in [0.15, 0.2) is 5.38 Å². The molecule has 0 radical (unpaired) electrons.